The Morgan fingerprint density at radius 3 is 2.25 bits per heavy atom. The number of carboxylic acids is 1. The Morgan fingerprint density at radius 1 is 1.15 bits per heavy atom. The molecule has 0 radical (unpaired) electrons. The molecule has 1 amide bonds. The number of aromatic carboxylic acids is 1. The van der Waals surface area contributed by atoms with Crippen LogP contribution in [0.5, 0.6) is 0 Å². The van der Waals surface area contributed by atoms with Crippen LogP contribution in [0.15, 0.2) is 24.3 Å². The van der Waals surface area contributed by atoms with Crippen molar-refractivity contribution in [3.05, 3.63) is 35.4 Å². The van der Waals surface area contributed by atoms with E-state index >= 15 is 0 Å². The summed E-state index contributed by atoms with van der Waals surface area (Å²) in [6.45, 7) is 6.28. The second-order valence-electron chi connectivity index (χ2n) is 5.60. The first-order valence-corrected chi connectivity index (χ1v) is 7.00. The molecule has 2 N–H and O–H groups in total. The molecule has 0 aliphatic carbocycles. The third kappa shape index (κ3) is 5.87. The zero-order valence-corrected chi connectivity index (χ0v) is 12.3. The molecule has 0 bridgehead atoms. The summed E-state index contributed by atoms with van der Waals surface area (Å²) in [5, 5.41) is 11.8. The molecule has 1 atom stereocenters. The van der Waals surface area contributed by atoms with Crippen molar-refractivity contribution in [1.82, 2.24) is 5.32 Å². The van der Waals surface area contributed by atoms with Gasteiger partial charge in [-0.25, -0.2) is 4.79 Å². The van der Waals surface area contributed by atoms with Gasteiger partial charge in [0.1, 0.15) is 0 Å². The van der Waals surface area contributed by atoms with Crippen LogP contribution < -0.4 is 5.32 Å². The SMILES string of the molecule is CC(C)CC(C)NC(=O)CCc1ccc(C(=O)O)cc1. The largest absolute Gasteiger partial charge is 0.478 e. The van der Waals surface area contributed by atoms with E-state index in [-0.39, 0.29) is 17.5 Å². The lowest BCUT2D eigenvalue weighted by atomic mass is 10.0. The van der Waals surface area contributed by atoms with Gasteiger partial charge in [-0.05, 0) is 43.4 Å². The Morgan fingerprint density at radius 2 is 1.75 bits per heavy atom. The van der Waals surface area contributed by atoms with Gasteiger partial charge in [-0.2, -0.15) is 0 Å². The summed E-state index contributed by atoms with van der Waals surface area (Å²) >= 11 is 0. The quantitative estimate of drug-likeness (QED) is 0.805. The Bertz CT molecular complexity index is 451. The van der Waals surface area contributed by atoms with Crippen LogP contribution >= 0.6 is 0 Å². The normalized spacial score (nSPS) is 12.2. The zero-order valence-electron chi connectivity index (χ0n) is 12.3. The first-order chi connectivity index (χ1) is 9.38. The van der Waals surface area contributed by atoms with E-state index in [1.165, 1.54) is 0 Å². The van der Waals surface area contributed by atoms with Crippen molar-refractivity contribution in [2.75, 3.05) is 0 Å². The molecule has 1 aromatic carbocycles. The predicted molar refractivity (Wildman–Crippen MR) is 78.8 cm³/mol. The molecule has 0 saturated heterocycles. The van der Waals surface area contributed by atoms with E-state index in [9.17, 15) is 9.59 Å². The van der Waals surface area contributed by atoms with E-state index in [1.807, 2.05) is 6.92 Å². The van der Waals surface area contributed by atoms with Crippen LogP contribution in [0.2, 0.25) is 0 Å². The number of aryl methyl sites for hydroxylation is 1. The minimum absolute atomic E-state index is 0.0421. The molecule has 0 aliphatic heterocycles. The van der Waals surface area contributed by atoms with Gasteiger partial charge in [0.15, 0.2) is 0 Å². The van der Waals surface area contributed by atoms with Gasteiger partial charge in [-0.3, -0.25) is 4.79 Å². The van der Waals surface area contributed by atoms with Crippen molar-refractivity contribution in [3.63, 3.8) is 0 Å². The highest BCUT2D eigenvalue weighted by molar-refractivity contribution is 5.87. The number of amides is 1. The zero-order chi connectivity index (χ0) is 15.1. The summed E-state index contributed by atoms with van der Waals surface area (Å²) < 4.78 is 0. The van der Waals surface area contributed by atoms with Gasteiger partial charge in [0, 0.05) is 12.5 Å². The van der Waals surface area contributed by atoms with Crippen molar-refractivity contribution in [2.24, 2.45) is 5.92 Å². The molecule has 4 heteroatoms. The molecule has 1 aromatic rings. The number of benzene rings is 1. The molecule has 0 spiro atoms. The van der Waals surface area contributed by atoms with Gasteiger partial charge in [0.25, 0.3) is 0 Å². The minimum Gasteiger partial charge on any atom is -0.478 e. The van der Waals surface area contributed by atoms with Gasteiger partial charge < -0.3 is 10.4 Å². The molecule has 4 nitrogen and oxygen atoms in total. The molecule has 1 unspecified atom stereocenters. The predicted octanol–water partition coefficient (Wildman–Crippen LogP) is 2.87. The van der Waals surface area contributed by atoms with Crippen LogP contribution in [0.1, 0.15) is 49.5 Å². The van der Waals surface area contributed by atoms with Gasteiger partial charge in [-0.15, -0.1) is 0 Å². The lowest BCUT2D eigenvalue weighted by Gasteiger charge is -2.15. The number of carbonyl (C=O) groups excluding carboxylic acids is 1. The lowest BCUT2D eigenvalue weighted by molar-refractivity contribution is -0.121. The molecule has 0 aliphatic rings. The number of hydrogen-bond acceptors (Lipinski definition) is 2. The van der Waals surface area contributed by atoms with Crippen LogP contribution in [0.25, 0.3) is 0 Å². The summed E-state index contributed by atoms with van der Waals surface area (Å²) in [6.07, 6.45) is 2.02. The summed E-state index contributed by atoms with van der Waals surface area (Å²) in [5.74, 6) is -0.328. The van der Waals surface area contributed by atoms with Gasteiger partial charge in [0.2, 0.25) is 5.91 Å². The Hall–Kier alpha value is -1.84. The highest BCUT2D eigenvalue weighted by Gasteiger charge is 2.09. The molecule has 110 valence electrons. The summed E-state index contributed by atoms with van der Waals surface area (Å²) in [7, 11) is 0. The summed E-state index contributed by atoms with van der Waals surface area (Å²) in [6, 6.07) is 6.84. The average Bonchev–Trinajstić information content (AvgIpc) is 2.35. The van der Waals surface area contributed by atoms with E-state index in [2.05, 4.69) is 19.2 Å². The third-order valence-electron chi connectivity index (χ3n) is 3.07. The van der Waals surface area contributed by atoms with Crippen molar-refractivity contribution in [3.8, 4) is 0 Å². The van der Waals surface area contributed by atoms with Gasteiger partial charge in [0.05, 0.1) is 5.56 Å². The monoisotopic (exact) mass is 277 g/mol. The van der Waals surface area contributed by atoms with E-state index < -0.39 is 5.97 Å². The lowest BCUT2D eigenvalue weighted by Crippen LogP contribution is -2.33. The smallest absolute Gasteiger partial charge is 0.335 e. The fourth-order valence-corrected chi connectivity index (χ4v) is 2.18. The first-order valence-electron chi connectivity index (χ1n) is 7.00. The molecule has 0 saturated carbocycles. The van der Waals surface area contributed by atoms with E-state index in [0.29, 0.717) is 18.8 Å². The second kappa shape index (κ2) is 7.68. The molecule has 20 heavy (non-hydrogen) atoms. The number of carboxylic acid groups (broad SMARTS) is 1. The van der Waals surface area contributed by atoms with Crippen LogP contribution in [0, 0.1) is 5.92 Å². The molecular formula is C16H23NO3. The summed E-state index contributed by atoms with van der Waals surface area (Å²) in [4.78, 5) is 22.5. The number of rotatable bonds is 7. The van der Waals surface area contributed by atoms with E-state index in [0.717, 1.165) is 12.0 Å². The topological polar surface area (TPSA) is 66.4 Å². The number of nitrogens with one attached hydrogen (secondary N) is 1. The van der Waals surface area contributed by atoms with Gasteiger partial charge >= 0.3 is 5.97 Å². The molecule has 0 fully saturated rings. The van der Waals surface area contributed by atoms with Crippen LogP contribution in [0.3, 0.4) is 0 Å². The molecular weight excluding hydrogens is 254 g/mol. The Labute approximate surface area is 120 Å². The first kappa shape index (κ1) is 16.2. The number of carbonyl (C=O) groups is 2. The second-order valence-corrected chi connectivity index (χ2v) is 5.60. The Kier molecular flexibility index (Phi) is 6.22. The standard InChI is InChI=1S/C16H23NO3/c1-11(2)10-12(3)17-15(18)9-6-13-4-7-14(8-5-13)16(19)20/h4-5,7-8,11-12H,6,9-10H2,1-3H3,(H,17,18)(H,19,20). The van der Waals surface area contributed by atoms with Gasteiger partial charge in [-0.1, -0.05) is 26.0 Å². The number of hydrogen-bond donors (Lipinski definition) is 2. The summed E-state index contributed by atoms with van der Waals surface area (Å²) in [5.41, 5.74) is 1.24. The Balaban J connectivity index is 2.39. The van der Waals surface area contributed by atoms with Crippen LogP contribution in [-0.2, 0) is 11.2 Å². The highest BCUT2D eigenvalue weighted by Crippen LogP contribution is 2.08. The van der Waals surface area contributed by atoms with Crippen molar-refractivity contribution in [1.29, 1.82) is 0 Å². The van der Waals surface area contributed by atoms with E-state index in [4.69, 9.17) is 5.11 Å². The van der Waals surface area contributed by atoms with Crippen LogP contribution in [-0.4, -0.2) is 23.0 Å². The fourth-order valence-electron chi connectivity index (χ4n) is 2.18. The molecule has 1 rings (SSSR count). The van der Waals surface area contributed by atoms with Crippen LogP contribution in [0.4, 0.5) is 0 Å². The molecule has 0 heterocycles. The fraction of sp³-hybridized carbons (Fsp3) is 0.500. The van der Waals surface area contributed by atoms with Crippen molar-refractivity contribution >= 4 is 11.9 Å². The maximum Gasteiger partial charge on any atom is 0.335 e. The minimum atomic E-state index is -0.934. The molecule has 0 aromatic heterocycles. The third-order valence-corrected chi connectivity index (χ3v) is 3.07. The maximum atomic E-state index is 11.8. The van der Waals surface area contributed by atoms with E-state index in [1.54, 1.807) is 24.3 Å². The highest BCUT2D eigenvalue weighted by atomic mass is 16.4. The van der Waals surface area contributed by atoms with Crippen molar-refractivity contribution < 1.29 is 14.7 Å². The average molecular weight is 277 g/mol. The van der Waals surface area contributed by atoms with Crippen molar-refractivity contribution in [2.45, 2.75) is 46.1 Å². The maximum absolute atomic E-state index is 11.8.